The third-order valence-electron chi connectivity index (χ3n) is 4.17. The number of nitrogens with two attached hydrogens (primary N) is 1. The highest BCUT2D eigenvalue weighted by Crippen LogP contribution is 2.45. The lowest BCUT2D eigenvalue weighted by atomic mass is 9.49. The van der Waals surface area contributed by atoms with Gasteiger partial charge in [0.1, 0.15) is 0 Å². The molecule has 0 saturated carbocycles. The van der Waals surface area contributed by atoms with E-state index in [-0.39, 0.29) is 0 Å². The van der Waals surface area contributed by atoms with Crippen molar-refractivity contribution >= 4 is 37.1 Å². The summed E-state index contributed by atoms with van der Waals surface area (Å²) in [5.41, 5.74) is 11.0. The summed E-state index contributed by atoms with van der Waals surface area (Å²) in [6.45, 7) is 0. The summed E-state index contributed by atoms with van der Waals surface area (Å²) >= 11 is 0. The van der Waals surface area contributed by atoms with Crippen LogP contribution in [-0.4, -0.2) is 31.4 Å². The van der Waals surface area contributed by atoms with E-state index in [0.717, 1.165) is 53.6 Å². The zero-order valence-corrected chi connectivity index (χ0v) is 9.79. The first kappa shape index (κ1) is 11.4. The Morgan fingerprint density at radius 3 is 1.71 bits per heavy atom. The lowest BCUT2D eigenvalue weighted by Crippen LogP contribution is -2.26. The van der Waals surface area contributed by atoms with Crippen molar-refractivity contribution in [1.29, 1.82) is 0 Å². The lowest BCUT2D eigenvalue weighted by molar-refractivity contribution is 0.797. The monoisotopic (exact) mass is 213 g/mol. The highest BCUT2D eigenvalue weighted by atomic mass is 14.6. The van der Waals surface area contributed by atoms with E-state index in [1.165, 1.54) is 0 Å². The second kappa shape index (κ2) is 3.18. The van der Waals surface area contributed by atoms with Crippen LogP contribution in [0.5, 0.6) is 0 Å². The van der Waals surface area contributed by atoms with Crippen LogP contribution in [0.2, 0.25) is 0 Å². The Bertz CT molecular complexity index is 465. The van der Waals surface area contributed by atoms with Crippen LogP contribution in [0.25, 0.3) is 0 Å². The summed E-state index contributed by atoms with van der Waals surface area (Å²) in [6.07, 6.45) is 3.11. The Morgan fingerprint density at radius 1 is 0.882 bits per heavy atom. The van der Waals surface area contributed by atoms with E-state index in [0.29, 0.717) is 0 Å². The maximum Gasteiger partial charge on any atom is 0.0683 e. The van der Waals surface area contributed by atoms with Crippen molar-refractivity contribution in [3.05, 3.63) is 28.3 Å². The molecule has 0 heterocycles. The maximum absolute atomic E-state index is 6.21. The maximum atomic E-state index is 6.21. The summed E-state index contributed by atoms with van der Waals surface area (Å²) in [5, 5.41) is -1.59. The SMILES string of the molecule is [B]C1([B])CCc2c1cc1c(c2N)CCC1([B])[B]. The van der Waals surface area contributed by atoms with Gasteiger partial charge in [-0.1, -0.05) is 40.5 Å². The zero-order chi connectivity index (χ0) is 12.4. The van der Waals surface area contributed by atoms with Gasteiger partial charge in [-0.25, -0.2) is 0 Å². The van der Waals surface area contributed by atoms with E-state index in [1.54, 1.807) is 0 Å². The zero-order valence-electron chi connectivity index (χ0n) is 9.79. The van der Waals surface area contributed by atoms with E-state index in [4.69, 9.17) is 37.1 Å². The summed E-state index contributed by atoms with van der Waals surface area (Å²) in [6, 6.07) is 1.97. The van der Waals surface area contributed by atoms with Crippen LogP contribution in [0, 0.1) is 0 Å². The molecule has 76 valence electrons. The lowest BCUT2D eigenvalue weighted by Gasteiger charge is -2.26. The largest absolute Gasteiger partial charge is 0.398 e. The van der Waals surface area contributed by atoms with Crippen molar-refractivity contribution < 1.29 is 0 Å². The molecule has 0 spiro atoms. The highest BCUT2D eigenvalue weighted by molar-refractivity contribution is 6.42. The minimum Gasteiger partial charge on any atom is -0.398 e. The summed E-state index contributed by atoms with van der Waals surface area (Å²) in [5.74, 6) is 0. The fourth-order valence-corrected chi connectivity index (χ4v) is 3.09. The van der Waals surface area contributed by atoms with Gasteiger partial charge in [0.15, 0.2) is 0 Å². The third-order valence-corrected chi connectivity index (χ3v) is 4.17. The smallest absolute Gasteiger partial charge is 0.0683 e. The molecule has 0 amide bonds. The van der Waals surface area contributed by atoms with Gasteiger partial charge in [0.2, 0.25) is 0 Å². The second-order valence-corrected chi connectivity index (χ2v) is 5.42. The molecule has 2 aliphatic rings. The first-order chi connectivity index (χ1) is 7.83. The van der Waals surface area contributed by atoms with Crippen LogP contribution in [0.4, 0.5) is 5.69 Å². The molecule has 1 aromatic rings. The first-order valence-corrected chi connectivity index (χ1v) is 5.93. The van der Waals surface area contributed by atoms with Crippen molar-refractivity contribution in [1.82, 2.24) is 0 Å². The molecule has 0 aliphatic heterocycles. The van der Waals surface area contributed by atoms with Crippen LogP contribution in [0.3, 0.4) is 0 Å². The average molecular weight is 212 g/mol. The number of rotatable bonds is 0. The quantitative estimate of drug-likeness (QED) is 0.481. The van der Waals surface area contributed by atoms with E-state index in [2.05, 4.69) is 0 Å². The van der Waals surface area contributed by atoms with E-state index in [9.17, 15) is 0 Å². The predicted molar refractivity (Wildman–Crippen MR) is 73.9 cm³/mol. The number of nitrogen functional groups attached to an aromatic ring is 1. The van der Waals surface area contributed by atoms with E-state index < -0.39 is 10.4 Å². The van der Waals surface area contributed by atoms with Gasteiger partial charge in [-0.15, -0.1) is 0 Å². The van der Waals surface area contributed by atoms with Crippen molar-refractivity contribution in [2.24, 2.45) is 0 Å². The minimum absolute atomic E-state index is 0.720. The van der Waals surface area contributed by atoms with Crippen LogP contribution in [0.1, 0.15) is 35.1 Å². The van der Waals surface area contributed by atoms with Gasteiger partial charge in [0.05, 0.1) is 31.4 Å². The summed E-state index contributed by atoms with van der Waals surface area (Å²) < 4.78 is 0. The molecule has 0 unspecified atom stereocenters. The standard InChI is InChI=1S/C12H11B4N/c13-11(14)3-1-6-8(11)5-9-7(10(6)17)2-4-12(9,15)16/h5H,1-4,17H2. The minimum atomic E-state index is -0.794. The van der Waals surface area contributed by atoms with Crippen LogP contribution in [0.15, 0.2) is 6.07 Å². The molecule has 5 heteroatoms. The van der Waals surface area contributed by atoms with E-state index >= 15 is 0 Å². The Kier molecular flexibility index (Phi) is 2.13. The summed E-state index contributed by atoms with van der Waals surface area (Å²) in [7, 11) is 24.3. The van der Waals surface area contributed by atoms with Gasteiger partial charge < -0.3 is 5.73 Å². The molecule has 0 atom stereocenters. The van der Waals surface area contributed by atoms with Crippen molar-refractivity contribution in [2.75, 3.05) is 5.73 Å². The molecular formula is C12H11B4N. The molecule has 0 aromatic heterocycles. The molecule has 0 fully saturated rings. The second-order valence-electron chi connectivity index (χ2n) is 5.42. The Morgan fingerprint density at radius 2 is 1.29 bits per heavy atom. The van der Waals surface area contributed by atoms with Crippen LogP contribution >= 0.6 is 0 Å². The molecule has 2 aliphatic carbocycles. The summed E-state index contributed by atoms with van der Waals surface area (Å²) in [4.78, 5) is 0. The number of hydrogen-bond acceptors (Lipinski definition) is 1. The molecule has 2 N–H and O–H groups in total. The fourth-order valence-electron chi connectivity index (χ4n) is 3.09. The Hall–Kier alpha value is -0.720. The van der Waals surface area contributed by atoms with E-state index in [1.807, 2.05) is 6.07 Å². The van der Waals surface area contributed by atoms with Crippen molar-refractivity contribution in [2.45, 2.75) is 36.1 Å². The number of hydrogen-bond donors (Lipinski definition) is 1. The number of anilines is 1. The molecule has 1 nitrogen and oxygen atoms in total. The first-order valence-electron chi connectivity index (χ1n) is 5.93. The molecule has 17 heavy (non-hydrogen) atoms. The van der Waals surface area contributed by atoms with Crippen molar-refractivity contribution in [3.8, 4) is 0 Å². The highest BCUT2D eigenvalue weighted by Gasteiger charge is 2.37. The van der Waals surface area contributed by atoms with Crippen molar-refractivity contribution in [3.63, 3.8) is 0 Å². The Labute approximate surface area is 108 Å². The van der Waals surface area contributed by atoms with Crippen LogP contribution in [-0.2, 0) is 23.3 Å². The van der Waals surface area contributed by atoms with Gasteiger partial charge in [0.25, 0.3) is 0 Å². The van der Waals surface area contributed by atoms with Gasteiger partial charge in [-0.05, 0) is 24.0 Å². The third kappa shape index (κ3) is 1.44. The number of fused-ring (bicyclic) bond motifs is 2. The molecule has 8 radical (unpaired) electrons. The normalized spacial score (nSPS) is 23.3. The fraction of sp³-hybridized carbons (Fsp3) is 0.500. The molecule has 1 aromatic carbocycles. The van der Waals surface area contributed by atoms with Gasteiger partial charge in [0, 0.05) is 5.69 Å². The topological polar surface area (TPSA) is 26.0 Å². The molecule has 0 bridgehead atoms. The molecular weight excluding hydrogens is 201 g/mol. The van der Waals surface area contributed by atoms with Gasteiger partial charge >= 0.3 is 0 Å². The van der Waals surface area contributed by atoms with Crippen LogP contribution < -0.4 is 5.73 Å². The Balaban J connectivity index is 2.28. The average Bonchev–Trinajstić information content (AvgIpc) is 2.68. The number of benzene rings is 1. The predicted octanol–water partition coefficient (Wildman–Crippen LogP) is 0.141. The molecule has 0 saturated heterocycles. The van der Waals surface area contributed by atoms with Gasteiger partial charge in [-0.2, -0.15) is 0 Å². The molecule has 3 rings (SSSR count). The van der Waals surface area contributed by atoms with Gasteiger partial charge in [-0.3, -0.25) is 0 Å².